The molecular formula is C16H18F3N3O3S2. The number of hydrogen-bond acceptors (Lipinski definition) is 5. The lowest BCUT2D eigenvalue weighted by molar-refractivity contribution is -0.140. The van der Waals surface area contributed by atoms with Gasteiger partial charge in [-0.2, -0.15) is 13.2 Å². The van der Waals surface area contributed by atoms with E-state index in [-0.39, 0.29) is 5.13 Å². The molecule has 6 nitrogen and oxygen atoms in total. The first-order valence-electron chi connectivity index (χ1n) is 7.85. The van der Waals surface area contributed by atoms with E-state index in [1.807, 2.05) is 0 Å². The third-order valence-electron chi connectivity index (χ3n) is 3.71. The number of amides is 1. The number of thiazole rings is 1. The molecule has 0 fully saturated rings. The van der Waals surface area contributed by atoms with Gasteiger partial charge in [0.1, 0.15) is 0 Å². The maximum atomic E-state index is 12.6. The second-order valence-electron chi connectivity index (χ2n) is 6.06. The lowest BCUT2D eigenvalue weighted by Gasteiger charge is -2.14. The largest absolute Gasteiger partial charge is 0.434 e. The monoisotopic (exact) mass is 421 g/mol. The van der Waals surface area contributed by atoms with Crippen molar-refractivity contribution in [3.63, 3.8) is 0 Å². The summed E-state index contributed by atoms with van der Waals surface area (Å²) in [7, 11) is -3.48. The fourth-order valence-corrected chi connectivity index (χ4v) is 3.37. The molecule has 0 unspecified atom stereocenters. The molecule has 1 aromatic heterocycles. The summed E-state index contributed by atoms with van der Waals surface area (Å²) in [6.07, 6.45) is -4.57. The lowest BCUT2D eigenvalue weighted by Crippen LogP contribution is -2.22. The van der Waals surface area contributed by atoms with Gasteiger partial charge < -0.3 is 5.32 Å². The Morgan fingerprint density at radius 3 is 2.22 bits per heavy atom. The first-order valence-corrected chi connectivity index (χ1v) is 10.3. The van der Waals surface area contributed by atoms with Crippen LogP contribution in [0.1, 0.15) is 37.9 Å². The van der Waals surface area contributed by atoms with Crippen molar-refractivity contribution >= 4 is 38.1 Å². The van der Waals surface area contributed by atoms with Crippen molar-refractivity contribution in [3.8, 4) is 0 Å². The summed E-state index contributed by atoms with van der Waals surface area (Å²) in [4.78, 5) is 15.6. The molecule has 0 bridgehead atoms. The number of rotatable bonds is 6. The minimum absolute atomic E-state index is 0.138. The number of carbonyl (C=O) groups excluding carboxylic acids is 1. The third kappa shape index (κ3) is 5.42. The zero-order valence-electron chi connectivity index (χ0n) is 14.7. The first kappa shape index (κ1) is 21.2. The Morgan fingerprint density at radius 1 is 1.15 bits per heavy atom. The van der Waals surface area contributed by atoms with E-state index in [0.29, 0.717) is 22.6 Å². The van der Waals surface area contributed by atoms with Gasteiger partial charge in [-0.25, -0.2) is 13.4 Å². The normalized spacial score (nSPS) is 13.4. The lowest BCUT2D eigenvalue weighted by atomic mass is 10.0. The quantitative estimate of drug-likeness (QED) is 0.736. The van der Waals surface area contributed by atoms with Gasteiger partial charge in [-0.1, -0.05) is 12.1 Å². The maximum Gasteiger partial charge on any atom is 0.434 e. The van der Waals surface area contributed by atoms with Gasteiger partial charge in [0.15, 0.2) is 10.8 Å². The minimum atomic E-state index is -4.57. The van der Waals surface area contributed by atoms with Crippen molar-refractivity contribution < 1.29 is 26.4 Å². The van der Waals surface area contributed by atoms with Crippen LogP contribution in [0.4, 0.5) is 24.0 Å². The SMILES string of the molecule is CC(C)S(=O)(=O)Nc1ccc([C@@H](C)C(=O)Nc2nc(C(F)(F)F)cs2)cc1. The Balaban J connectivity index is 2.05. The molecule has 0 spiro atoms. The number of carbonyl (C=O) groups is 1. The van der Waals surface area contributed by atoms with Gasteiger partial charge in [0.05, 0.1) is 11.2 Å². The topological polar surface area (TPSA) is 88.2 Å². The average Bonchev–Trinajstić information content (AvgIpc) is 3.03. The Morgan fingerprint density at radius 2 is 1.74 bits per heavy atom. The van der Waals surface area contributed by atoms with Gasteiger partial charge in [0, 0.05) is 11.1 Å². The summed E-state index contributed by atoms with van der Waals surface area (Å²) in [5.41, 5.74) is -0.125. The van der Waals surface area contributed by atoms with E-state index in [1.165, 1.54) is 12.1 Å². The summed E-state index contributed by atoms with van der Waals surface area (Å²) in [6, 6.07) is 6.19. The molecule has 2 N–H and O–H groups in total. The number of anilines is 2. The number of alkyl halides is 3. The summed E-state index contributed by atoms with van der Waals surface area (Å²) in [5.74, 6) is -1.19. The standard InChI is InChI=1S/C16H18F3N3O3S2/c1-9(2)27(24,25)22-12-6-4-11(5-7-12)10(3)14(23)21-15-20-13(8-26-15)16(17,18)19/h4-10,22H,1-3H3,(H,20,21,23)/t10-/m1/s1. The number of halogens is 3. The molecule has 0 radical (unpaired) electrons. The fourth-order valence-electron chi connectivity index (χ4n) is 1.95. The van der Waals surface area contributed by atoms with Gasteiger partial charge in [-0.3, -0.25) is 9.52 Å². The van der Waals surface area contributed by atoms with E-state index < -0.39 is 39.0 Å². The van der Waals surface area contributed by atoms with Crippen LogP contribution in [0.15, 0.2) is 29.6 Å². The van der Waals surface area contributed by atoms with E-state index in [2.05, 4.69) is 15.0 Å². The van der Waals surface area contributed by atoms with Crippen LogP contribution in [0.5, 0.6) is 0 Å². The van der Waals surface area contributed by atoms with Crippen molar-refractivity contribution in [2.75, 3.05) is 10.0 Å². The number of nitrogens with one attached hydrogen (secondary N) is 2. The molecule has 2 aromatic rings. The van der Waals surface area contributed by atoms with Crippen LogP contribution >= 0.6 is 11.3 Å². The molecule has 0 saturated carbocycles. The predicted octanol–water partition coefficient (Wildman–Crippen LogP) is 4.05. The summed E-state index contributed by atoms with van der Waals surface area (Å²) in [6.45, 7) is 4.68. The van der Waals surface area contributed by atoms with Gasteiger partial charge in [0.25, 0.3) is 0 Å². The Bertz CT molecular complexity index is 907. The molecule has 0 aliphatic heterocycles. The number of hydrogen-bond donors (Lipinski definition) is 2. The Labute approximate surface area is 158 Å². The van der Waals surface area contributed by atoms with Crippen molar-refractivity contribution in [2.45, 2.75) is 38.1 Å². The number of nitrogens with zero attached hydrogens (tertiary/aromatic N) is 1. The zero-order valence-corrected chi connectivity index (χ0v) is 16.3. The van der Waals surface area contributed by atoms with Crippen LogP contribution in [0.3, 0.4) is 0 Å². The van der Waals surface area contributed by atoms with Crippen LogP contribution in [0.25, 0.3) is 0 Å². The molecule has 0 aliphatic rings. The van der Waals surface area contributed by atoms with Gasteiger partial charge in [-0.15, -0.1) is 11.3 Å². The highest BCUT2D eigenvalue weighted by Crippen LogP contribution is 2.32. The molecule has 1 heterocycles. The molecule has 11 heteroatoms. The van der Waals surface area contributed by atoms with Crippen molar-refractivity contribution in [2.24, 2.45) is 0 Å². The maximum absolute atomic E-state index is 12.6. The van der Waals surface area contributed by atoms with E-state index in [1.54, 1.807) is 32.9 Å². The number of sulfonamides is 1. The highest BCUT2D eigenvalue weighted by molar-refractivity contribution is 7.93. The average molecular weight is 421 g/mol. The van der Waals surface area contributed by atoms with Crippen molar-refractivity contribution in [1.82, 2.24) is 4.98 Å². The molecule has 1 amide bonds. The fraction of sp³-hybridized carbons (Fsp3) is 0.375. The highest BCUT2D eigenvalue weighted by Gasteiger charge is 2.34. The third-order valence-corrected chi connectivity index (χ3v) is 6.23. The van der Waals surface area contributed by atoms with Crippen LogP contribution in [0.2, 0.25) is 0 Å². The zero-order chi connectivity index (χ0) is 20.4. The van der Waals surface area contributed by atoms with Gasteiger partial charge >= 0.3 is 6.18 Å². The first-order chi connectivity index (χ1) is 12.4. The summed E-state index contributed by atoms with van der Waals surface area (Å²) >= 11 is 0.689. The number of benzene rings is 1. The second kappa shape index (κ2) is 7.85. The molecule has 1 aromatic carbocycles. The van der Waals surface area contributed by atoms with E-state index in [9.17, 15) is 26.4 Å². The second-order valence-corrected chi connectivity index (χ2v) is 9.16. The van der Waals surface area contributed by atoms with Crippen LogP contribution in [-0.2, 0) is 21.0 Å². The summed E-state index contributed by atoms with van der Waals surface area (Å²) < 4.78 is 63.8. The van der Waals surface area contributed by atoms with E-state index in [0.717, 1.165) is 5.38 Å². The van der Waals surface area contributed by atoms with Crippen molar-refractivity contribution in [1.29, 1.82) is 0 Å². The van der Waals surface area contributed by atoms with Crippen molar-refractivity contribution in [3.05, 3.63) is 40.9 Å². The van der Waals surface area contributed by atoms with Gasteiger partial charge in [0.2, 0.25) is 15.9 Å². The molecule has 148 valence electrons. The predicted molar refractivity (Wildman–Crippen MR) is 98.3 cm³/mol. The van der Waals surface area contributed by atoms with Crippen LogP contribution < -0.4 is 10.0 Å². The molecule has 2 rings (SSSR count). The molecule has 27 heavy (non-hydrogen) atoms. The summed E-state index contributed by atoms with van der Waals surface area (Å²) in [5, 5.41) is 2.45. The Kier molecular flexibility index (Phi) is 6.15. The van der Waals surface area contributed by atoms with Crippen LogP contribution in [-0.4, -0.2) is 24.6 Å². The molecule has 1 atom stereocenters. The molecule has 0 aliphatic carbocycles. The molecular weight excluding hydrogens is 403 g/mol. The smallest absolute Gasteiger partial charge is 0.301 e. The van der Waals surface area contributed by atoms with Gasteiger partial charge in [-0.05, 0) is 38.5 Å². The number of aromatic nitrogens is 1. The minimum Gasteiger partial charge on any atom is -0.301 e. The highest BCUT2D eigenvalue weighted by atomic mass is 32.2. The Hall–Kier alpha value is -2.14. The van der Waals surface area contributed by atoms with E-state index >= 15 is 0 Å². The van der Waals surface area contributed by atoms with Crippen LogP contribution in [0, 0.1) is 0 Å². The molecule has 0 saturated heterocycles. The van der Waals surface area contributed by atoms with E-state index in [4.69, 9.17) is 0 Å².